The molecule has 24 heavy (non-hydrogen) atoms. The van der Waals surface area contributed by atoms with Gasteiger partial charge in [0.15, 0.2) is 5.96 Å². The largest absolute Gasteiger partial charge is 0.385 e. The van der Waals surface area contributed by atoms with E-state index in [4.69, 9.17) is 9.47 Å². The molecular formula is C18H30IN3O2. The second-order valence-corrected chi connectivity index (χ2v) is 5.92. The van der Waals surface area contributed by atoms with E-state index in [0.717, 1.165) is 51.6 Å². The molecule has 5 nitrogen and oxygen atoms in total. The number of hydrogen-bond acceptors (Lipinski definition) is 3. The Morgan fingerprint density at radius 2 is 2.12 bits per heavy atom. The van der Waals surface area contributed by atoms with E-state index in [1.807, 2.05) is 13.1 Å². The van der Waals surface area contributed by atoms with Gasteiger partial charge < -0.3 is 19.7 Å². The number of ether oxygens (including phenoxy) is 2. The van der Waals surface area contributed by atoms with Crippen LogP contribution in [0.1, 0.15) is 18.4 Å². The van der Waals surface area contributed by atoms with E-state index in [-0.39, 0.29) is 24.0 Å². The molecule has 1 aromatic carbocycles. The molecule has 1 fully saturated rings. The Morgan fingerprint density at radius 3 is 2.83 bits per heavy atom. The topological polar surface area (TPSA) is 46.1 Å². The summed E-state index contributed by atoms with van der Waals surface area (Å²) in [7, 11) is 3.58. The molecule has 136 valence electrons. The minimum Gasteiger partial charge on any atom is -0.385 e. The Morgan fingerprint density at radius 1 is 1.33 bits per heavy atom. The predicted octanol–water partition coefficient (Wildman–Crippen LogP) is 2.76. The average Bonchev–Trinajstić information content (AvgIpc) is 3.05. The average molecular weight is 447 g/mol. The summed E-state index contributed by atoms with van der Waals surface area (Å²) in [6.45, 7) is 5.24. The van der Waals surface area contributed by atoms with Crippen LogP contribution in [0.4, 0.5) is 0 Å². The highest BCUT2D eigenvalue weighted by molar-refractivity contribution is 14.0. The van der Waals surface area contributed by atoms with Crippen molar-refractivity contribution in [2.24, 2.45) is 10.9 Å². The molecule has 0 spiro atoms. The summed E-state index contributed by atoms with van der Waals surface area (Å²) < 4.78 is 10.9. The molecule has 1 saturated heterocycles. The molecule has 1 aliphatic rings. The number of nitrogens with one attached hydrogen (secondary N) is 1. The first-order chi connectivity index (χ1) is 11.3. The third-order valence-corrected chi connectivity index (χ3v) is 4.07. The molecule has 0 saturated carbocycles. The highest BCUT2D eigenvalue weighted by atomic mass is 127. The van der Waals surface area contributed by atoms with Crippen LogP contribution in [0.15, 0.2) is 35.3 Å². The third kappa shape index (κ3) is 7.36. The Hall–Kier alpha value is -0.860. The van der Waals surface area contributed by atoms with Gasteiger partial charge >= 0.3 is 0 Å². The van der Waals surface area contributed by atoms with Crippen LogP contribution in [0.5, 0.6) is 0 Å². The lowest BCUT2D eigenvalue weighted by molar-refractivity contribution is 0.0906. The van der Waals surface area contributed by atoms with Gasteiger partial charge in [0.2, 0.25) is 0 Å². The second-order valence-electron chi connectivity index (χ2n) is 5.92. The number of guanidine groups is 1. The van der Waals surface area contributed by atoms with E-state index in [1.54, 1.807) is 7.11 Å². The molecule has 1 N–H and O–H groups in total. The van der Waals surface area contributed by atoms with Crippen molar-refractivity contribution < 1.29 is 9.47 Å². The van der Waals surface area contributed by atoms with Crippen molar-refractivity contribution in [2.45, 2.75) is 19.4 Å². The van der Waals surface area contributed by atoms with Crippen LogP contribution >= 0.6 is 24.0 Å². The van der Waals surface area contributed by atoms with Gasteiger partial charge in [0, 0.05) is 46.3 Å². The highest BCUT2D eigenvalue weighted by Crippen LogP contribution is 2.17. The minimum atomic E-state index is 0. The summed E-state index contributed by atoms with van der Waals surface area (Å²) in [5, 5.41) is 3.40. The lowest BCUT2D eigenvalue weighted by atomic mass is 10.1. The van der Waals surface area contributed by atoms with E-state index >= 15 is 0 Å². The summed E-state index contributed by atoms with van der Waals surface area (Å²) in [4.78, 5) is 6.70. The molecule has 0 amide bonds. The van der Waals surface area contributed by atoms with Gasteiger partial charge in [-0.3, -0.25) is 4.99 Å². The van der Waals surface area contributed by atoms with Crippen molar-refractivity contribution >= 4 is 29.9 Å². The van der Waals surface area contributed by atoms with E-state index < -0.39 is 0 Å². The molecular weight excluding hydrogens is 417 g/mol. The van der Waals surface area contributed by atoms with Crippen LogP contribution in [0.25, 0.3) is 0 Å². The Labute approximate surface area is 162 Å². The maximum absolute atomic E-state index is 5.87. The van der Waals surface area contributed by atoms with E-state index in [9.17, 15) is 0 Å². The van der Waals surface area contributed by atoms with Gasteiger partial charge in [0.05, 0.1) is 13.2 Å². The summed E-state index contributed by atoms with van der Waals surface area (Å²) in [6, 6.07) is 10.3. The number of likely N-dealkylation sites (tertiary alicyclic amines) is 1. The normalized spacial score (nSPS) is 17.7. The van der Waals surface area contributed by atoms with Gasteiger partial charge in [0.1, 0.15) is 0 Å². The monoisotopic (exact) mass is 447 g/mol. The SMILES string of the molecule is CN=C(NCCCOC)N1CCC(COCc2ccccc2)C1.I. The number of halogens is 1. The van der Waals surface area contributed by atoms with Gasteiger partial charge in [-0.25, -0.2) is 0 Å². The van der Waals surface area contributed by atoms with Crippen LogP contribution in [0.3, 0.4) is 0 Å². The van der Waals surface area contributed by atoms with Crippen molar-refractivity contribution in [1.82, 2.24) is 10.2 Å². The molecule has 1 heterocycles. The van der Waals surface area contributed by atoms with E-state index in [0.29, 0.717) is 12.5 Å². The Kier molecular flexibility index (Phi) is 11.0. The molecule has 0 aliphatic carbocycles. The maximum Gasteiger partial charge on any atom is 0.193 e. The van der Waals surface area contributed by atoms with Gasteiger partial charge in [0.25, 0.3) is 0 Å². The molecule has 1 aliphatic heterocycles. The zero-order valence-corrected chi connectivity index (χ0v) is 17.1. The van der Waals surface area contributed by atoms with Crippen molar-refractivity contribution in [3.63, 3.8) is 0 Å². The smallest absolute Gasteiger partial charge is 0.193 e. The lowest BCUT2D eigenvalue weighted by Gasteiger charge is -2.21. The molecule has 0 aromatic heterocycles. The number of aliphatic imine (C=N–C) groups is 1. The van der Waals surface area contributed by atoms with Crippen LogP contribution in [-0.2, 0) is 16.1 Å². The van der Waals surface area contributed by atoms with Crippen molar-refractivity contribution in [1.29, 1.82) is 0 Å². The van der Waals surface area contributed by atoms with E-state index in [1.165, 1.54) is 5.56 Å². The fourth-order valence-electron chi connectivity index (χ4n) is 2.83. The van der Waals surface area contributed by atoms with Crippen LogP contribution in [-0.4, -0.2) is 57.9 Å². The number of methoxy groups -OCH3 is 1. The number of nitrogens with zero attached hydrogens (tertiary/aromatic N) is 2. The summed E-state index contributed by atoms with van der Waals surface area (Å²) in [5.74, 6) is 1.57. The van der Waals surface area contributed by atoms with Crippen molar-refractivity contribution in [3.05, 3.63) is 35.9 Å². The minimum absolute atomic E-state index is 0. The predicted molar refractivity (Wildman–Crippen MR) is 109 cm³/mol. The Balaban J connectivity index is 0.00000288. The van der Waals surface area contributed by atoms with Crippen molar-refractivity contribution in [2.75, 3.05) is 47.0 Å². The van der Waals surface area contributed by atoms with Crippen molar-refractivity contribution in [3.8, 4) is 0 Å². The van der Waals surface area contributed by atoms with E-state index in [2.05, 4.69) is 39.5 Å². The van der Waals surface area contributed by atoms with Crippen LogP contribution in [0.2, 0.25) is 0 Å². The zero-order chi connectivity index (χ0) is 16.3. The van der Waals surface area contributed by atoms with Crippen LogP contribution in [0, 0.1) is 5.92 Å². The fraction of sp³-hybridized carbons (Fsp3) is 0.611. The third-order valence-electron chi connectivity index (χ3n) is 4.07. The number of rotatable bonds is 8. The number of hydrogen-bond donors (Lipinski definition) is 1. The molecule has 1 atom stereocenters. The zero-order valence-electron chi connectivity index (χ0n) is 14.7. The first-order valence-corrected chi connectivity index (χ1v) is 8.39. The first kappa shape index (κ1) is 21.2. The quantitative estimate of drug-likeness (QED) is 0.288. The second kappa shape index (κ2) is 12.5. The number of benzene rings is 1. The molecule has 0 radical (unpaired) electrons. The molecule has 1 unspecified atom stereocenters. The highest BCUT2D eigenvalue weighted by Gasteiger charge is 2.24. The van der Waals surface area contributed by atoms with Crippen LogP contribution < -0.4 is 5.32 Å². The lowest BCUT2D eigenvalue weighted by Crippen LogP contribution is -2.40. The summed E-state index contributed by atoms with van der Waals surface area (Å²) in [5.41, 5.74) is 1.23. The Bertz CT molecular complexity index is 471. The molecule has 1 aromatic rings. The standard InChI is InChI=1S/C18H29N3O2.HI/c1-19-18(20-10-6-12-22-2)21-11-9-17(13-21)15-23-14-16-7-4-3-5-8-16;/h3-5,7-8,17H,6,9-15H2,1-2H3,(H,19,20);1H. The fourth-order valence-corrected chi connectivity index (χ4v) is 2.83. The van der Waals surface area contributed by atoms with Gasteiger partial charge in [-0.15, -0.1) is 24.0 Å². The summed E-state index contributed by atoms with van der Waals surface area (Å²) in [6.07, 6.45) is 2.15. The molecule has 6 heteroatoms. The molecule has 2 rings (SSSR count). The molecule has 0 bridgehead atoms. The van der Waals surface area contributed by atoms with Gasteiger partial charge in [-0.2, -0.15) is 0 Å². The first-order valence-electron chi connectivity index (χ1n) is 8.39. The van der Waals surface area contributed by atoms with Gasteiger partial charge in [-0.05, 0) is 18.4 Å². The summed E-state index contributed by atoms with van der Waals surface area (Å²) >= 11 is 0. The van der Waals surface area contributed by atoms with Gasteiger partial charge in [-0.1, -0.05) is 30.3 Å². The maximum atomic E-state index is 5.87.